The summed E-state index contributed by atoms with van der Waals surface area (Å²) in [5.41, 5.74) is 7.19. The maximum atomic E-state index is 6.00. The van der Waals surface area contributed by atoms with Gasteiger partial charge in [0, 0.05) is 36.0 Å². The first kappa shape index (κ1) is 14.7. The fourth-order valence-electron chi connectivity index (χ4n) is 1.87. The molecular formula is C13H18ClN5O. The molecule has 0 spiro atoms. The van der Waals surface area contributed by atoms with Gasteiger partial charge in [0.05, 0.1) is 0 Å². The highest BCUT2D eigenvalue weighted by atomic mass is 35.5. The average molecular weight is 296 g/mol. The molecule has 1 aromatic carbocycles. The summed E-state index contributed by atoms with van der Waals surface area (Å²) in [7, 11) is 0. The van der Waals surface area contributed by atoms with Crippen molar-refractivity contribution in [2.45, 2.75) is 26.3 Å². The van der Waals surface area contributed by atoms with E-state index in [1.165, 1.54) is 0 Å². The number of tetrazole rings is 1. The molecule has 0 saturated carbocycles. The summed E-state index contributed by atoms with van der Waals surface area (Å²) in [5, 5.41) is 12.3. The SMILES string of the molecule is CCCOCCCn1nnnc1-c1cc(N)cc(Cl)c1. The highest BCUT2D eigenvalue weighted by molar-refractivity contribution is 6.31. The van der Waals surface area contributed by atoms with Crippen LogP contribution in [0.1, 0.15) is 19.8 Å². The molecule has 0 fully saturated rings. The molecule has 0 aliphatic rings. The van der Waals surface area contributed by atoms with Crippen molar-refractivity contribution in [1.82, 2.24) is 20.2 Å². The fourth-order valence-corrected chi connectivity index (χ4v) is 2.11. The first-order valence-corrected chi connectivity index (χ1v) is 6.99. The van der Waals surface area contributed by atoms with Crippen LogP contribution >= 0.6 is 11.6 Å². The highest BCUT2D eigenvalue weighted by Crippen LogP contribution is 2.24. The van der Waals surface area contributed by atoms with Crippen LogP contribution in [0.3, 0.4) is 0 Å². The molecule has 0 atom stereocenters. The zero-order chi connectivity index (χ0) is 14.4. The van der Waals surface area contributed by atoms with Crippen molar-refractivity contribution in [3.63, 3.8) is 0 Å². The summed E-state index contributed by atoms with van der Waals surface area (Å²) >= 11 is 6.00. The molecule has 20 heavy (non-hydrogen) atoms. The van der Waals surface area contributed by atoms with Crippen molar-refractivity contribution < 1.29 is 4.74 Å². The minimum Gasteiger partial charge on any atom is -0.399 e. The van der Waals surface area contributed by atoms with E-state index in [1.54, 1.807) is 16.8 Å². The lowest BCUT2D eigenvalue weighted by atomic mass is 10.2. The van der Waals surface area contributed by atoms with Gasteiger partial charge in [-0.05, 0) is 41.5 Å². The van der Waals surface area contributed by atoms with Crippen LogP contribution in [0.25, 0.3) is 11.4 Å². The summed E-state index contributed by atoms with van der Waals surface area (Å²) in [6.07, 6.45) is 1.88. The van der Waals surface area contributed by atoms with Crippen LogP contribution in [-0.4, -0.2) is 33.4 Å². The lowest BCUT2D eigenvalue weighted by Crippen LogP contribution is -2.06. The predicted octanol–water partition coefficient (Wildman–Crippen LogP) is 2.39. The summed E-state index contributed by atoms with van der Waals surface area (Å²) in [6.45, 7) is 4.26. The number of benzene rings is 1. The minimum atomic E-state index is 0.570. The second kappa shape index (κ2) is 7.21. The number of hydrogen-bond donors (Lipinski definition) is 1. The van der Waals surface area contributed by atoms with Gasteiger partial charge in [-0.25, -0.2) is 4.68 Å². The molecule has 0 aliphatic carbocycles. The number of nitrogen functional groups attached to an aromatic ring is 1. The Morgan fingerprint density at radius 3 is 2.90 bits per heavy atom. The number of aryl methyl sites for hydroxylation is 1. The summed E-state index contributed by atoms with van der Waals surface area (Å²) in [5.74, 6) is 0.662. The van der Waals surface area contributed by atoms with Crippen LogP contribution in [0.2, 0.25) is 5.02 Å². The van der Waals surface area contributed by atoms with Gasteiger partial charge in [0.25, 0.3) is 0 Å². The molecule has 7 heteroatoms. The molecule has 0 unspecified atom stereocenters. The number of hydrogen-bond acceptors (Lipinski definition) is 5. The molecule has 6 nitrogen and oxygen atoms in total. The first-order chi connectivity index (χ1) is 9.70. The van der Waals surface area contributed by atoms with E-state index in [9.17, 15) is 0 Å². The number of nitrogens with zero attached hydrogens (tertiary/aromatic N) is 4. The van der Waals surface area contributed by atoms with Crippen molar-refractivity contribution in [2.24, 2.45) is 0 Å². The maximum absolute atomic E-state index is 6.00. The third-order valence-corrected chi connectivity index (χ3v) is 2.94. The Hall–Kier alpha value is -1.66. The Morgan fingerprint density at radius 2 is 2.15 bits per heavy atom. The lowest BCUT2D eigenvalue weighted by Gasteiger charge is -2.06. The second-order valence-corrected chi connectivity index (χ2v) is 4.90. The number of halogens is 1. The van der Waals surface area contributed by atoms with Gasteiger partial charge in [-0.3, -0.25) is 0 Å². The molecule has 2 rings (SSSR count). The Balaban J connectivity index is 2.04. The van der Waals surface area contributed by atoms with Gasteiger partial charge in [-0.2, -0.15) is 0 Å². The average Bonchev–Trinajstić information content (AvgIpc) is 2.86. The molecule has 0 amide bonds. The summed E-state index contributed by atoms with van der Waals surface area (Å²) in [6, 6.07) is 5.30. The van der Waals surface area contributed by atoms with Crippen LogP contribution in [0.15, 0.2) is 18.2 Å². The van der Waals surface area contributed by atoms with E-state index >= 15 is 0 Å². The molecule has 0 radical (unpaired) electrons. The second-order valence-electron chi connectivity index (χ2n) is 4.46. The van der Waals surface area contributed by atoms with Gasteiger partial charge < -0.3 is 10.5 Å². The Morgan fingerprint density at radius 1 is 1.30 bits per heavy atom. The summed E-state index contributed by atoms with van der Waals surface area (Å²) < 4.78 is 7.18. The molecule has 108 valence electrons. The fraction of sp³-hybridized carbons (Fsp3) is 0.462. The van der Waals surface area contributed by atoms with Crippen molar-refractivity contribution in [2.75, 3.05) is 18.9 Å². The van der Waals surface area contributed by atoms with E-state index in [-0.39, 0.29) is 0 Å². The number of aromatic nitrogens is 4. The number of ether oxygens (including phenoxy) is 1. The number of anilines is 1. The zero-order valence-corrected chi connectivity index (χ0v) is 12.2. The Labute approximate surface area is 122 Å². The van der Waals surface area contributed by atoms with E-state index in [4.69, 9.17) is 22.1 Å². The van der Waals surface area contributed by atoms with Gasteiger partial charge in [0.2, 0.25) is 0 Å². The van der Waals surface area contributed by atoms with E-state index < -0.39 is 0 Å². The standard InChI is InChI=1S/C13H18ClN5O/c1-2-5-20-6-3-4-19-13(16-17-18-19)10-7-11(14)9-12(15)8-10/h7-9H,2-6,15H2,1H3. The van der Waals surface area contributed by atoms with Gasteiger partial charge >= 0.3 is 0 Å². The summed E-state index contributed by atoms with van der Waals surface area (Å²) in [4.78, 5) is 0. The first-order valence-electron chi connectivity index (χ1n) is 6.61. The molecule has 2 aromatic rings. The van der Waals surface area contributed by atoms with Crippen molar-refractivity contribution in [3.05, 3.63) is 23.2 Å². The molecule has 0 saturated heterocycles. The third-order valence-electron chi connectivity index (χ3n) is 2.72. The Kier molecular flexibility index (Phi) is 5.31. The van der Waals surface area contributed by atoms with E-state index in [1.807, 2.05) is 6.07 Å². The zero-order valence-electron chi connectivity index (χ0n) is 11.4. The van der Waals surface area contributed by atoms with E-state index in [2.05, 4.69) is 22.4 Å². The molecule has 0 bridgehead atoms. The van der Waals surface area contributed by atoms with Gasteiger partial charge in [-0.15, -0.1) is 5.10 Å². The third kappa shape index (κ3) is 3.91. The minimum absolute atomic E-state index is 0.570. The topological polar surface area (TPSA) is 78.8 Å². The molecule has 1 heterocycles. The molecular weight excluding hydrogens is 278 g/mol. The molecule has 1 aromatic heterocycles. The largest absolute Gasteiger partial charge is 0.399 e. The number of rotatable bonds is 7. The van der Waals surface area contributed by atoms with Crippen LogP contribution in [0.4, 0.5) is 5.69 Å². The Bertz CT molecular complexity index is 537. The number of nitrogens with two attached hydrogens (primary N) is 1. The lowest BCUT2D eigenvalue weighted by molar-refractivity contribution is 0.128. The maximum Gasteiger partial charge on any atom is 0.182 e. The van der Waals surface area contributed by atoms with Crippen LogP contribution in [0.5, 0.6) is 0 Å². The van der Waals surface area contributed by atoms with E-state index in [0.29, 0.717) is 29.7 Å². The smallest absolute Gasteiger partial charge is 0.182 e. The molecule has 0 aliphatic heterocycles. The quantitative estimate of drug-likeness (QED) is 0.627. The normalized spacial score (nSPS) is 10.9. The van der Waals surface area contributed by atoms with Crippen molar-refractivity contribution in [1.29, 1.82) is 0 Å². The van der Waals surface area contributed by atoms with Crippen LogP contribution in [0, 0.1) is 0 Å². The molecule has 2 N–H and O–H groups in total. The van der Waals surface area contributed by atoms with Crippen LogP contribution in [-0.2, 0) is 11.3 Å². The monoisotopic (exact) mass is 295 g/mol. The van der Waals surface area contributed by atoms with Gasteiger partial charge in [0.15, 0.2) is 5.82 Å². The van der Waals surface area contributed by atoms with Crippen molar-refractivity contribution >= 4 is 17.3 Å². The van der Waals surface area contributed by atoms with Gasteiger partial charge in [0.1, 0.15) is 0 Å². The predicted molar refractivity (Wildman–Crippen MR) is 78.4 cm³/mol. The highest BCUT2D eigenvalue weighted by Gasteiger charge is 2.10. The van der Waals surface area contributed by atoms with E-state index in [0.717, 1.165) is 25.0 Å². The van der Waals surface area contributed by atoms with Crippen LogP contribution < -0.4 is 5.73 Å². The van der Waals surface area contributed by atoms with Gasteiger partial charge in [-0.1, -0.05) is 18.5 Å². The van der Waals surface area contributed by atoms with Crippen molar-refractivity contribution in [3.8, 4) is 11.4 Å².